The molecule has 2 heterocycles. The molecule has 1 aliphatic rings. The van der Waals surface area contributed by atoms with Crippen LogP contribution >= 0.6 is 0 Å². The Balaban J connectivity index is 2.37. The summed E-state index contributed by atoms with van der Waals surface area (Å²) in [6.07, 6.45) is 2.70. The number of rotatable bonds is 3. The van der Waals surface area contributed by atoms with Crippen LogP contribution in [0.3, 0.4) is 0 Å². The summed E-state index contributed by atoms with van der Waals surface area (Å²) in [5.41, 5.74) is -0.395. The summed E-state index contributed by atoms with van der Waals surface area (Å²) in [5, 5.41) is 9.55. The van der Waals surface area contributed by atoms with Gasteiger partial charge in [0, 0.05) is 12.7 Å². The Hall–Kier alpha value is -1.42. The van der Waals surface area contributed by atoms with E-state index in [9.17, 15) is 9.90 Å². The van der Waals surface area contributed by atoms with Crippen LogP contribution in [0.5, 0.6) is 0 Å². The molecule has 1 aromatic rings. The number of hydrogen-bond acceptors (Lipinski definition) is 3. The molecular weight excluding hydrogens is 216 g/mol. The molecule has 92 valence electrons. The van der Waals surface area contributed by atoms with Crippen molar-refractivity contribution < 1.29 is 9.90 Å². The third-order valence-corrected chi connectivity index (χ3v) is 3.64. The number of pyridine rings is 1. The van der Waals surface area contributed by atoms with Crippen molar-refractivity contribution in [2.75, 3.05) is 13.1 Å². The Morgan fingerprint density at radius 1 is 1.59 bits per heavy atom. The number of carbonyl (C=O) groups is 1. The normalized spacial score (nSPS) is 24.5. The summed E-state index contributed by atoms with van der Waals surface area (Å²) in [7, 11) is 0. The number of nitrogens with zero attached hydrogens (tertiary/aromatic N) is 2. The van der Waals surface area contributed by atoms with Gasteiger partial charge in [0.15, 0.2) is 5.54 Å². The standard InChI is InChI=1S/C13H18N2O2/c1-10-6-8-15(9-10)13(2,12(16)17)11-5-3-4-7-14-11/h3-5,7,10H,6,8-9H2,1-2H3,(H,16,17). The fourth-order valence-electron chi connectivity index (χ4n) is 2.40. The van der Waals surface area contributed by atoms with E-state index in [-0.39, 0.29) is 0 Å². The lowest BCUT2D eigenvalue weighted by Gasteiger charge is -2.34. The molecule has 0 bridgehead atoms. The van der Waals surface area contributed by atoms with Gasteiger partial charge in [-0.2, -0.15) is 0 Å². The Morgan fingerprint density at radius 2 is 2.35 bits per heavy atom. The van der Waals surface area contributed by atoms with Gasteiger partial charge < -0.3 is 5.11 Å². The number of likely N-dealkylation sites (tertiary alicyclic amines) is 1. The second kappa shape index (κ2) is 4.45. The fourth-order valence-corrected chi connectivity index (χ4v) is 2.40. The molecule has 1 saturated heterocycles. The van der Waals surface area contributed by atoms with Crippen LogP contribution in [0.2, 0.25) is 0 Å². The smallest absolute Gasteiger partial charge is 0.330 e. The number of hydrogen-bond donors (Lipinski definition) is 1. The number of aliphatic carboxylic acids is 1. The first-order valence-corrected chi connectivity index (χ1v) is 5.95. The Morgan fingerprint density at radius 3 is 2.82 bits per heavy atom. The van der Waals surface area contributed by atoms with E-state index >= 15 is 0 Å². The van der Waals surface area contributed by atoms with Gasteiger partial charge >= 0.3 is 5.97 Å². The second-order valence-corrected chi connectivity index (χ2v) is 4.93. The third kappa shape index (κ3) is 2.05. The Kier molecular flexibility index (Phi) is 3.15. The molecule has 0 amide bonds. The maximum Gasteiger partial charge on any atom is 0.330 e. The van der Waals surface area contributed by atoms with Gasteiger partial charge in [-0.15, -0.1) is 0 Å². The molecule has 1 fully saturated rings. The average molecular weight is 234 g/mol. The number of carboxylic acids is 1. The first-order chi connectivity index (χ1) is 8.05. The lowest BCUT2D eigenvalue weighted by atomic mass is 9.95. The van der Waals surface area contributed by atoms with Gasteiger partial charge in [-0.05, 0) is 37.9 Å². The largest absolute Gasteiger partial charge is 0.480 e. The topological polar surface area (TPSA) is 53.4 Å². The van der Waals surface area contributed by atoms with E-state index in [2.05, 4.69) is 11.9 Å². The molecule has 0 radical (unpaired) electrons. The minimum Gasteiger partial charge on any atom is -0.480 e. The van der Waals surface area contributed by atoms with Crippen molar-refractivity contribution in [1.29, 1.82) is 0 Å². The molecule has 0 aliphatic carbocycles. The highest BCUT2D eigenvalue weighted by Crippen LogP contribution is 2.32. The predicted octanol–water partition coefficient (Wildman–Crippen LogP) is 1.72. The van der Waals surface area contributed by atoms with Crippen LogP contribution in [0.4, 0.5) is 0 Å². The van der Waals surface area contributed by atoms with Crippen molar-refractivity contribution in [1.82, 2.24) is 9.88 Å². The van der Waals surface area contributed by atoms with Gasteiger partial charge in [-0.3, -0.25) is 9.88 Å². The molecule has 1 N–H and O–H groups in total. The molecule has 0 aromatic carbocycles. The number of carboxylic acid groups (broad SMARTS) is 1. The zero-order valence-electron chi connectivity index (χ0n) is 10.3. The first kappa shape index (κ1) is 12.0. The van der Waals surface area contributed by atoms with Gasteiger partial charge in [-0.25, -0.2) is 4.79 Å². The predicted molar refractivity (Wildman–Crippen MR) is 64.6 cm³/mol. The average Bonchev–Trinajstić information content (AvgIpc) is 2.76. The molecule has 2 rings (SSSR count). The van der Waals surface area contributed by atoms with E-state index in [1.165, 1.54) is 0 Å². The zero-order chi connectivity index (χ0) is 12.5. The van der Waals surface area contributed by atoms with Crippen molar-refractivity contribution in [3.8, 4) is 0 Å². The molecule has 2 unspecified atom stereocenters. The van der Waals surface area contributed by atoms with Crippen molar-refractivity contribution in [2.45, 2.75) is 25.8 Å². The van der Waals surface area contributed by atoms with E-state index in [0.29, 0.717) is 11.6 Å². The first-order valence-electron chi connectivity index (χ1n) is 5.95. The van der Waals surface area contributed by atoms with Crippen LogP contribution in [-0.2, 0) is 10.3 Å². The summed E-state index contributed by atoms with van der Waals surface area (Å²) in [6.45, 7) is 5.54. The highest BCUT2D eigenvalue weighted by Gasteiger charge is 2.44. The maximum atomic E-state index is 11.6. The van der Waals surface area contributed by atoms with Crippen molar-refractivity contribution in [2.24, 2.45) is 5.92 Å². The monoisotopic (exact) mass is 234 g/mol. The summed E-state index contributed by atoms with van der Waals surface area (Å²) in [4.78, 5) is 17.9. The van der Waals surface area contributed by atoms with E-state index in [1.807, 2.05) is 11.0 Å². The molecule has 4 nitrogen and oxygen atoms in total. The highest BCUT2D eigenvalue weighted by molar-refractivity contribution is 5.79. The van der Waals surface area contributed by atoms with Crippen molar-refractivity contribution >= 4 is 5.97 Å². The summed E-state index contributed by atoms with van der Waals surface area (Å²) >= 11 is 0. The molecule has 1 aromatic heterocycles. The van der Waals surface area contributed by atoms with Gasteiger partial charge in [0.2, 0.25) is 0 Å². The van der Waals surface area contributed by atoms with Crippen LogP contribution in [0.1, 0.15) is 26.0 Å². The zero-order valence-corrected chi connectivity index (χ0v) is 10.3. The Labute approximate surface area is 101 Å². The minimum absolute atomic E-state index is 0.553. The van der Waals surface area contributed by atoms with Gasteiger partial charge in [-0.1, -0.05) is 13.0 Å². The van der Waals surface area contributed by atoms with Crippen LogP contribution in [0.15, 0.2) is 24.4 Å². The van der Waals surface area contributed by atoms with Crippen molar-refractivity contribution in [3.05, 3.63) is 30.1 Å². The van der Waals surface area contributed by atoms with Crippen molar-refractivity contribution in [3.63, 3.8) is 0 Å². The van der Waals surface area contributed by atoms with E-state index in [1.54, 1.807) is 25.3 Å². The molecular formula is C13H18N2O2. The SMILES string of the molecule is CC1CCN(C(C)(C(=O)O)c2ccccn2)C1. The molecule has 17 heavy (non-hydrogen) atoms. The van der Waals surface area contributed by atoms with Crippen LogP contribution < -0.4 is 0 Å². The third-order valence-electron chi connectivity index (χ3n) is 3.64. The maximum absolute atomic E-state index is 11.6. The van der Waals surface area contributed by atoms with Gasteiger partial charge in [0.05, 0.1) is 5.69 Å². The van der Waals surface area contributed by atoms with Gasteiger partial charge in [0.25, 0.3) is 0 Å². The fraction of sp³-hybridized carbons (Fsp3) is 0.538. The van der Waals surface area contributed by atoms with Crippen LogP contribution in [0.25, 0.3) is 0 Å². The minimum atomic E-state index is -1.01. The Bertz CT molecular complexity index is 407. The second-order valence-electron chi connectivity index (χ2n) is 4.93. The highest BCUT2D eigenvalue weighted by atomic mass is 16.4. The lowest BCUT2D eigenvalue weighted by molar-refractivity contribution is -0.151. The number of aromatic nitrogens is 1. The van der Waals surface area contributed by atoms with E-state index in [0.717, 1.165) is 19.5 Å². The van der Waals surface area contributed by atoms with Crippen LogP contribution in [-0.4, -0.2) is 34.0 Å². The molecule has 1 aliphatic heterocycles. The molecule has 0 spiro atoms. The molecule has 2 atom stereocenters. The van der Waals surface area contributed by atoms with Gasteiger partial charge in [0.1, 0.15) is 0 Å². The summed E-state index contributed by atoms with van der Waals surface area (Å²) < 4.78 is 0. The molecule has 0 saturated carbocycles. The van der Waals surface area contributed by atoms with E-state index in [4.69, 9.17) is 0 Å². The van der Waals surface area contributed by atoms with E-state index < -0.39 is 11.5 Å². The lowest BCUT2D eigenvalue weighted by Crippen LogP contribution is -2.49. The molecule has 4 heteroatoms. The summed E-state index contributed by atoms with van der Waals surface area (Å²) in [6, 6.07) is 5.43. The summed E-state index contributed by atoms with van der Waals surface area (Å²) in [5.74, 6) is -0.275. The van der Waals surface area contributed by atoms with Crippen LogP contribution in [0, 0.1) is 5.92 Å². The quantitative estimate of drug-likeness (QED) is 0.865.